The van der Waals surface area contributed by atoms with Crippen molar-refractivity contribution in [2.45, 2.75) is 6.92 Å². The molecule has 0 spiro atoms. The lowest BCUT2D eigenvalue weighted by molar-refractivity contribution is -0.130. The molecule has 1 N–H and O–H groups in total. The molecule has 0 bridgehead atoms. The Bertz CT molecular complexity index is 895. The summed E-state index contributed by atoms with van der Waals surface area (Å²) in [6.07, 6.45) is 2.88. The van der Waals surface area contributed by atoms with Gasteiger partial charge in [-0.2, -0.15) is 0 Å². The molecule has 2 aromatic rings. The van der Waals surface area contributed by atoms with Crippen molar-refractivity contribution in [2.24, 2.45) is 0 Å². The standard InChI is InChI=1S/C21H22F2N2O4/c1-4-25(13-19(26)24-21-15(22)6-5-7-16(21)23)20(27)11-9-14-8-10-17(28-2)18(12-14)29-3/h5-12H,4,13H2,1-3H3,(H,24,26)/b11-9+. The first-order chi connectivity index (χ1) is 13.9. The molecule has 2 aromatic carbocycles. The van der Waals surface area contributed by atoms with Crippen molar-refractivity contribution in [2.75, 3.05) is 32.6 Å². The summed E-state index contributed by atoms with van der Waals surface area (Å²) in [6.45, 7) is 1.58. The van der Waals surface area contributed by atoms with Crippen molar-refractivity contribution in [1.82, 2.24) is 4.90 Å². The molecule has 2 rings (SSSR count). The first kappa shape index (κ1) is 21.9. The van der Waals surface area contributed by atoms with Crippen LogP contribution in [0.5, 0.6) is 11.5 Å². The summed E-state index contributed by atoms with van der Waals surface area (Å²) in [5, 5.41) is 2.16. The van der Waals surface area contributed by atoms with Gasteiger partial charge in [0.1, 0.15) is 23.9 Å². The van der Waals surface area contributed by atoms with Gasteiger partial charge in [0.2, 0.25) is 11.8 Å². The molecule has 8 heteroatoms. The van der Waals surface area contributed by atoms with Crippen molar-refractivity contribution in [1.29, 1.82) is 0 Å². The van der Waals surface area contributed by atoms with Gasteiger partial charge in [-0.25, -0.2) is 8.78 Å². The number of nitrogens with zero attached hydrogens (tertiary/aromatic N) is 1. The smallest absolute Gasteiger partial charge is 0.247 e. The van der Waals surface area contributed by atoms with Crippen LogP contribution in [0.25, 0.3) is 6.08 Å². The Labute approximate surface area is 167 Å². The third-order valence-corrected chi connectivity index (χ3v) is 4.08. The number of benzene rings is 2. The summed E-state index contributed by atoms with van der Waals surface area (Å²) >= 11 is 0. The molecular formula is C21H22F2N2O4. The maximum Gasteiger partial charge on any atom is 0.247 e. The molecule has 0 fully saturated rings. The number of rotatable bonds is 8. The lowest BCUT2D eigenvalue weighted by Crippen LogP contribution is -2.37. The molecule has 0 radical (unpaired) electrons. The third kappa shape index (κ3) is 5.78. The van der Waals surface area contributed by atoms with Crippen molar-refractivity contribution in [3.63, 3.8) is 0 Å². The second-order valence-corrected chi connectivity index (χ2v) is 5.95. The van der Waals surface area contributed by atoms with E-state index in [2.05, 4.69) is 5.32 Å². The SMILES string of the molecule is CCN(CC(=O)Nc1c(F)cccc1F)C(=O)/C=C/c1ccc(OC)c(OC)c1. The number of hydrogen-bond acceptors (Lipinski definition) is 4. The predicted octanol–water partition coefficient (Wildman–Crippen LogP) is 3.48. The Morgan fingerprint density at radius 1 is 1.07 bits per heavy atom. The average molecular weight is 404 g/mol. The van der Waals surface area contributed by atoms with Gasteiger partial charge >= 0.3 is 0 Å². The molecule has 6 nitrogen and oxygen atoms in total. The fourth-order valence-corrected chi connectivity index (χ4v) is 2.54. The monoisotopic (exact) mass is 404 g/mol. The van der Waals surface area contributed by atoms with Crippen molar-refractivity contribution >= 4 is 23.6 Å². The van der Waals surface area contributed by atoms with E-state index in [1.807, 2.05) is 0 Å². The fourth-order valence-electron chi connectivity index (χ4n) is 2.54. The quantitative estimate of drug-likeness (QED) is 0.684. The summed E-state index contributed by atoms with van der Waals surface area (Å²) in [5.41, 5.74) is 0.159. The lowest BCUT2D eigenvalue weighted by atomic mass is 10.2. The second-order valence-electron chi connectivity index (χ2n) is 5.95. The van der Waals surface area contributed by atoms with Crippen LogP contribution in [-0.2, 0) is 9.59 Å². The number of methoxy groups -OCH3 is 2. The summed E-state index contributed by atoms with van der Waals surface area (Å²) in [7, 11) is 3.03. The fraction of sp³-hybridized carbons (Fsp3) is 0.238. The Morgan fingerprint density at radius 3 is 2.31 bits per heavy atom. The van der Waals surface area contributed by atoms with Crippen LogP contribution in [0.1, 0.15) is 12.5 Å². The lowest BCUT2D eigenvalue weighted by Gasteiger charge is -2.19. The van der Waals surface area contributed by atoms with Crippen LogP contribution in [0.4, 0.5) is 14.5 Å². The minimum Gasteiger partial charge on any atom is -0.493 e. The van der Waals surface area contributed by atoms with Crippen LogP contribution >= 0.6 is 0 Å². The molecule has 154 valence electrons. The maximum absolute atomic E-state index is 13.6. The number of para-hydroxylation sites is 1. The van der Waals surface area contributed by atoms with E-state index in [9.17, 15) is 18.4 Å². The molecule has 0 unspecified atom stereocenters. The third-order valence-electron chi connectivity index (χ3n) is 4.08. The Morgan fingerprint density at radius 2 is 1.72 bits per heavy atom. The van der Waals surface area contributed by atoms with Crippen LogP contribution in [0.2, 0.25) is 0 Å². The minimum absolute atomic E-state index is 0.238. The van der Waals surface area contributed by atoms with Crippen LogP contribution in [-0.4, -0.2) is 44.0 Å². The molecule has 0 saturated heterocycles. The maximum atomic E-state index is 13.6. The zero-order valence-corrected chi connectivity index (χ0v) is 16.4. The van der Waals surface area contributed by atoms with Crippen LogP contribution in [0, 0.1) is 11.6 Å². The average Bonchev–Trinajstić information content (AvgIpc) is 2.72. The van der Waals surface area contributed by atoms with Crippen LogP contribution in [0.15, 0.2) is 42.5 Å². The largest absolute Gasteiger partial charge is 0.493 e. The van der Waals surface area contributed by atoms with Gasteiger partial charge in [-0.1, -0.05) is 12.1 Å². The van der Waals surface area contributed by atoms with E-state index in [1.165, 1.54) is 31.3 Å². The number of likely N-dealkylation sites (N-methyl/N-ethyl adjacent to an activating group) is 1. The van der Waals surface area contributed by atoms with E-state index in [4.69, 9.17) is 9.47 Å². The Kier molecular flexibility index (Phi) is 7.70. The Balaban J connectivity index is 2.04. The first-order valence-corrected chi connectivity index (χ1v) is 8.82. The number of amides is 2. The molecule has 29 heavy (non-hydrogen) atoms. The number of nitrogens with one attached hydrogen (secondary N) is 1. The van der Waals surface area contributed by atoms with Gasteiger partial charge in [-0.3, -0.25) is 9.59 Å². The number of halogens is 2. The van der Waals surface area contributed by atoms with Gasteiger partial charge < -0.3 is 19.7 Å². The number of carbonyl (C=O) groups is 2. The molecule has 0 aliphatic heterocycles. The molecular weight excluding hydrogens is 382 g/mol. The van der Waals surface area contributed by atoms with Gasteiger partial charge in [0, 0.05) is 12.6 Å². The van der Waals surface area contributed by atoms with Crippen LogP contribution in [0.3, 0.4) is 0 Å². The highest BCUT2D eigenvalue weighted by Crippen LogP contribution is 2.28. The first-order valence-electron chi connectivity index (χ1n) is 8.82. The summed E-state index contributed by atoms with van der Waals surface area (Å²) < 4.78 is 37.7. The van der Waals surface area contributed by atoms with E-state index < -0.39 is 29.1 Å². The molecule has 0 aromatic heterocycles. The highest BCUT2D eigenvalue weighted by molar-refractivity contribution is 5.98. The molecule has 0 aliphatic carbocycles. The molecule has 2 amide bonds. The second kappa shape index (κ2) is 10.2. The van der Waals surface area contributed by atoms with E-state index in [0.717, 1.165) is 12.1 Å². The van der Waals surface area contributed by atoms with Gasteiger partial charge in [0.15, 0.2) is 11.5 Å². The van der Waals surface area contributed by atoms with Gasteiger partial charge in [-0.05, 0) is 42.8 Å². The molecule has 0 saturated carbocycles. The molecule has 0 aliphatic rings. The van der Waals surface area contributed by atoms with Crippen LogP contribution < -0.4 is 14.8 Å². The van der Waals surface area contributed by atoms with E-state index >= 15 is 0 Å². The number of anilines is 1. The number of hydrogen-bond donors (Lipinski definition) is 1. The van der Waals surface area contributed by atoms with E-state index in [-0.39, 0.29) is 13.1 Å². The summed E-state index contributed by atoms with van der Waals surface area (Å²) in [5.74, 6) is -1.83. The number of carbonyl (C=O) groups excluding carboxylic acids is 2. The molecule has 0 heterocycles. The highest BCUT2D eigenvalue weighted by Gasteiger charge is 2.16. The van der Waals surface area contributed by atoms with E-state index in [1.54, 1.807) is 31.2 Å². The van der Waals surface area contributed by atoms with E-state index in [0.29, 0.717) is 17.1 Å². The normalized spacial score (nSPS) is 10.7. The van der Waals surface area contributed by atoms with Crippen molar-refractivity contribution in [3.8, 4) is 11.5 Å². The van der Waals surface area contributed by atoms with Crippen molar-refractivity contribution < 1.29 is 27.8 Å². The van der Waals surface area contributed by atoms with Gasteiger partial charge in [0.25, 0.3) is 0 Å². The predicted molar refractivity (Wildman–Crippen MR) is 106 cm³/mol. The summed E-state index contributed by atoms with van der Waals surface area (Å²) in [6, 6.07) is 8.42. The zero-order valence-electron chi connectivity index (χ0n) is 16.4. The molecule has 0 atom stereocenters. The topological polar surface area (TPSA) is 67.9 Å². The highest BCUT2D eigenvalue weighted by atomic mass is 19.1. The minimum atomic E-state index is -0.888. The summed E-state index contributed by atoms with van der Waals surface area (Å²) in [4.78, 5) is 25.8. The van der Waals surface area contributed by atoms with Gasteiger partial charge in [-0.15, -0.1) is 0 Å². The van der Waals surface area contributed by atoms with Gasteiger partial charge in [0.05, 0.1) is 14.2 Å². The zero-order chi connectivity index (χ0) is 21.4. The Hall–Kier alpha value is -3.42. The number of ether oxygens (including phenoxy) is 2. The van der Waals surface area contributed by atoms with Crippen molar-refractivity contribution in [3.05, 3.63) is 59.7 Å².